The molecule has 1 rings (SSSR count). The second-order valence-electron chi connectivity index (χ2n) is 2.41. The molecule has 2 N–H and O–H groups in total. The minimum atomic E-state index is -1.60. The molecule has 0 aromatic carbocycles. The van der Waals surface area contributed by atoms with E-state index in [0.717, 1.165) is 0 Å². The third-order valence-electron chi connectivity index (χ3n) is 1.60. The van der Waals surface area contributed by atoms with Gasteiger partial charge in [0.1, 0.15) is 5.82 Å². The van der Waals surface area contributed by atoms with E-state index >= 15 is 0 Å². The third-order valence-corrected chi connectivity index (χ3v) is 1.60. The van der Waals surface area contributed by atoms with E-state index in [1.807, 2.05) is 0 Å². The van der Waals surface area contributed by atoms with Crippen LogP contribution in [0.5, 0.6) is 0 Å². The average Bonchev–Trinajstić information content (AvgIpc) is 2.32. The smallest absolute Gasteiger partial charge is 0.340 e. The largest absolute Gasteiger partial charge is 0.479 e. The normalized spacial score (nSPS) is 12.9. The summed E-state index contributed by atoms with van der Waals surface area (Å²) in [6.07, 6.45) is -1.60. The molecule has 0 aliphatic heterocycles. The lowest BCUT2D eigenvalue weighted by Crippen LogP contribution is -2.15. The Labute approximate surface area is 68.5 Å². The van der Waals surface area contributed by atoms with E-state index in [1.165, 1.54) is 4.57 Å². The van der Waals surface area contributed by atoms with Crippen molar-refractivity contribution in [3.8, 4) is 0 Å². The van der Waals surface area contributed by atoms with Crippen molar-refractivity contribution < 1.29 is 15.0 Å². The SMILES string of the molecule is Cc1nnc(C(O)C(=O)O)n1C. The van der Waals surface area contributed by atoms with Crippen LogP contribution in [0.3, 0.4) is 0 Å². The van der Waals surface area contributed by atoms with Crippen molar-refractivity contribution in [1.29, 1.82) is 0 Å². The van der Waals surface area contributed by atoms with Crippen LogP contribution in [-0.2, 0) is 11.8 Å². The molecule has 0 aliphatic rings. The second kappa shape index (κ2) is 2.90. The van der Waals surface area contributed by atoms with Crippen LogP contribution in [0.2, 0.25) is 0 Å². The number of hydrogen-bond donors (Lipinski definition) is 2. The molecule has 0 saturated heterocycles. The number of aryl methyl sites for hydroxylation is 1. The van der Waals surface area contributed by atoms with Crippen molar-refractivity contribution in [2.45, 2.75) is 13.0 Å². The van der Waals surface area contributed by atoms with E-state index in [-0.39, 0.29) is 5.82 Å². The maximum absolute atomic E-state index is 10.3. The second-order valence-corrected chi connectivity index (χ2v) is 2.41. The lowest BCUT2D eigenvalue weighted by Gasteiger charge is -2.03. The number of hydrogen-bond acceptors (Lipinski definition) is 4. The fraction of sp³-hybridized carbons (Fsp3) is 0.500. The van der Waals surface area contributed by atoms with Crippen molar-refractivity contribution >= 4 is 5.97 Å². The standard InChI is InChI=1S/C6H9N3O3/c1-3-7-8-5(9(3)2)4(10)6(11)12/h4,10H,1-2H3,(H,11,12). The molecule has 0 radical (unpaired) electrons. The van der Waals surface area contributed by atoms with Gasteiger partial charge in [-0.1, -0.05) is 0 Å². The Morgan fingerprint density at radius 2 is 2.17 bits per heavy atom. The van der Waals surface area contributed by atoms with Crippen LogP contribution in [-0.4, -0.2) is 30.9 Å². The molecule has 1 unspecified atom stereocenters. The molecule has 66 valence electrons. The minimum absolute atomic E-state index is 0.0417. The molecular weight excluding hydrogens is 162 g/mol. The van der Waals surface area contributed by atoms with Gasteiger partial charge >= 0.3 is 5.97 Å². The molecule has 1 aromatic rings. The first-order chi connectivity index (χ1) is 5.54. The van der Waals surface area contributed by atoms with Crippen molar-refractivity contribution in [1.82, 2.24) is 14.8 Å². The van der Waals surface area contributed by atoms with Gasteiger partial charge in [0.05, 0.1) is 0 Å². The fourth-order valence-electron chi connectivity index (χ4n) is 0.772. The third kappa shape index (κ3) is 1.28. The molecule has 0 spiro atoms. The maximum Gasteiger partial charge on any atom is 0.340 e. The van der Waals surface area contributed by atoms with Gasteiger partial charge in [-0.3, -0.25) is 0 Å². The zero-order chi connectivity index (χ0) is 9.30. The molecule has 0 aliphatic carbocycles. The van der Waals surface area contributed by atoms with Crippen LogP contribution in [0.1, 0.15) is 17.8 Å². The Bertz CT molecular complexity index is 307. The Kier molecular flexibility index (Phi) is 2.09. The van der Waals surface area contributed by atoms with Crippen LogP contribution in [0.4, 0.5) is 0 Å². The quantitative estimate of drug-likeness (QED) is 0.610. The Balaban J connectivity index is 3.03. The van der Waals surface area contributed by atoms with E-state index < -0.39 is 12.1 Å². The van der Waals surface area contributed by atoms with E-state index in [9.17, 15) is 4.79 Å². The van der Waals surface area contributed by atoms with Gasteiger partial charge in [0.2, 0.25) is 6.10 Å². The topological polar surface area (TPSA) is 88.2 Å². The number of carboxylic acids is 1. The molecule has 0 amide bonds. The average molecular weight is 171 g/mol. The van der Waals surface area contributed by atoms with Crippen LogP contribution in [0.25, 0.3) is 0 Å². The summed E-state index contributed by atoms with van der Waals surface area (Å²) >= 11 is 0. The molecule has 6 heteroatoms. The van der Waals surface area contributed by atoms with Gasteiger partial charge in [0, 0.05) is 7.05 Å². The van der Waals surface area contributed by atoms with Crippen molar-refractivity contribution in [3.63, 3.8) is 0 Å². The van der Waals surface area contributed by atoms with E-state index in [2.05, 4.69) is 10.2 Å². The van der Waals surface area contributed by atoms with Crippen LogP contribution < -0.4 is 0 Å². The van der Waals surface area contributed by atoms with Crippen LogP contribution in [0, 0.1) is 6.92 Å². The molecule has 0 fully saturated rings. The Morgan fingerprint density at radius 1 is 1.58 bits per heavy atom. The van der Waals surface area contributed by atoms with Gasteiger partial charge in [-0.05, 0) is 6.92 Å². The minimum Gasteiger partial charge on any atom is -0.479 e. The van der Waals surface area contributed by atoms with Gasteiger partial charge in [0.15, 0.2) is 5.82 Å². The first kappa shape index (κ1) is 8.66. The van der Waals surface area contributed by atoms with Crippen LogP contribution >= 0.6 is 0 Å². The van der Waals surface area contributed by atoms with Crippen molar-refractivity contribution in [2.24, 2.45) is 7.05 Å². The molecule has 6 nitrogen and oxygen atoms in total. The van der Waals surface area contributed by atoms with E-state index in [0.29, 0.717) is 5.82 Å². The molecular formula is C6H9N3O3. The Hall–Kier alpha value is -1.43. The van der Waals surface area contributed by atoms with Crippen molar-refractivity contribution in [2.75, 3.05) is 0 Å². The number of aliphatic carboxylic acids is 1. The summed E-state index contributed by atoms with van der Waals surface area (Å²) in [6.45, 7) is 1.67. The van der Waals surface area contributed by atoms with E-state index in [1.54, 1.807) is 14.0 Å². The molecule has 12 heavy (non-hydrogen) atoms. The summed E-state index contributed by atoms with van der Waals surface area (Å²) in [6, 6.07) is 0. The van der Waals surface area contributed by atoms with Crippen LogP contribution in [0.15, 0.2) is 0 Å². The molecule has 0 bridgehead atoms. The molecule has 1 atom stereocenters. The van der Waals surface area contributed by atoms with Gasteiger partial charge < -0.3 is 14.8 Å². The number of nitrogens with zero attached hydrogens (tertiary/aromatic N) is 3. The van der Waals surface area contributed by atoms with E-state index in [4.69, 9.17) is 10.2 Å². The summed E-state index contributed by atoms with van der Waals surface area (Å²) in [5, 5.41) is 24.6. The predicted octanol–water partition coefficient (Wildman–Crippen LogP) is -0.758. The number of aliphatic hydroxyl groups excluding tert-OH is 1. The zero-order valence-corrected chi connectivity index (χ0v) is 6.72. The number of aliphatic hydroxyl groups is 1. The summed E-state index contributed by atoms with van der Waals surface area (Å²) in [7, 11) is 1.59. The Morgan fingerprint density at radius 3 is 2.50 bits per heavy atom. The van der Waals surface area contributed by atoms with Crippen molar-refractivity contribution in [3.05, 3.63) is 11.6 Å². The molecule has 1 heterocycles. The molecule has 0 saturated carbocycles. The van der Waals surface area contributed by atoms with Gasteiger partial charge in [-0.15, -0.1) is 10.2 Å². The number of carboxylic acid groups (broad SMARTS) is 1. The highest BCUT2D eigenvalue weighted by Gasteiger charge is 2.21. The van der Waals surface area contributed by atoms with Gasteiger partial charge in [0.25, 0.3) is 0 Å². The number of carbonyl (C=O) groups is 1. The van der Waals surface area contributed by atoms with Gasteiger partial charge in [-0.2, -0.15) is 0 Å². The predicted molar refractivity (Wildman–Crippen MR) is 38.3 cm³/mol. The number of aromatic nitrogens is 3. The first-order valence-electron chi connectivity index (χ1n) is 3.30. The summed E-state index contributed by atoms with van der Waals surface area (Å²) in [5.74, 6) is -0.726. The monoisotopic (exact) mass is 171 g/mol. The summed E-state index contributed by atoms with van der Waals surface area (Å²) < 4.78 is 1.43. The first-order valence-corrected chi connectivity index (χ1v) is 3.30. The highest BCUT2D eigenvalue weighted by atomic mass is 16.4. The zero-order valence-electron chi connectivity index (χ0n) is 6.72. The lowest BCUT2D eigenvalue weighted by atomic mass is 10.3. The fourth-order valence-corrected chi connectivity index (χ4v) is 0.772. The highest BCUT2D eigenvalue weighted by Crippen LogP contribution is 2.09. The highest BCUT2D eigenvalue weighted by molar-refractivity contribution is 5.72. The summed E-state index contributed by atoms with van der Waals surface area (Å²) in [4.78, 5) is 10.3. The summed E-state index contributed by atoms with van der Waals surface area (Å²) in [5.41, 5.74) is 0. The maximum atomic E-state index is 10.3. The lowest BCUT2D eigenvalue weighted by molar-refractivity contribution is -0.147. The van der Waals surface area contributed by atoms with Gasteiger partial charge in [-0.25, -0.2) is 4.79 Å². The molecule has 1 aromatic heterocycles. The number of rotatable bonds is 2.